The maximum absolute atomic E-state index is 3.62. The molecule has 94 valence electrons. The van der Waals surface area contributed by atoms with E-state index in [0.717, 1.165) is 6.54 Å². The molecule has 0 radical (unpaired) electrons. The molecule has 0 saturated heterocycles. The van der Waals surface area contributed by atoms with Crippen LogP contribution in [0.5, 0.6) is 0 Å². The third-order valence-corrected chi connectivity index (χ3v) is 6.26. The van der Waals surface area contributed by atoms with Crippen LogP contribution in [-0.2, 0) is 0 Å². The fourth-order valence-electron chi connectivity index (χ4n) is 2.13. The summed E-state index contributed by atoms with van der Waals surface area (Å²) < 4.78 is 2.82. The normalized spacial score (nSPS) is 13.2. The lowest BCUT2D eigenvalue weighted by Crippen LogP contribution is -2.20. The molecule has 1 N–H and O–H groups in total. The van der Waals surface area contributed by atoms with E-state index in [-0.39, 0.29) is 0 Å². The number of thiophene rings is 3. The Morgan fingerprint density at radius 1 is 1.17 bits per heavy atom. The fourth-order valence-corrected chi connectivity index (χ4v) is 5.43. The molecule has 0 amide bonds. The summed E-state index contributed by atoms with van der Waals surface area (Å²) in [6, 6.07) is 7.13. The molecule has 0 saturated carbocycles. The Labute approximate surface area is 119 Å². The van der Waals surface area contributed by atoms with Gasteiger partial charge in [0.25, 0.3) is 0 Å². The molecule has 0 aliphatic rings. The van der Waals surface area contributed by atoms with Crippen LogP contribution < -0.4 is 5.32 Å². The Morgan fingerprint density at radius 3 is 2.67 bits per heavy atom. The van der Waals surface area contributed by atoms with Crippen molar-refractivity contribution in [1.82, 2.24) is 5.32 Å². The Kier molecular flexibility index (Phi) is 3.52. The van der Waals surface area contributed by atoms with Gasteiger partial charge in [0.1, 0.15) is 0 Å². The van der Waals surface area contributed by atoms with Crippen LogP contribution >= 0.6 is 34.0 Å². The summed E-state index contributed by atoms with van der Waals surface area (Å²) >= 11 is 5.60. The van der Waals surface area contributed by atoms with Crippen molar-refractivity contribution in [2.75, 3.05) is 6.54 Å². The molecule has 0 spiro atoms. The molecule has 1 unspecified atom stereocenters. The summed E-state index contributed by atoms with van der Waals surface area (Å²) in [5.41, 5.74) is 1.39. The third-order valence-electron chi connectivity index (χ3n) is 3.02. The van der Waals surface area contributed by atoms with Gasteiger partial charge in [-0.1, -0.05) is 6.92 Å². The number of fused-ring (bicyclic) bond motifs is 1. The van der Waals surface area contributed by atoms with E-state index in [1.807, 2.05) is 34.0 Å². The van der Waals surface area contributed by atoms with Gasteiger partial charge in [0.2, 0.25) is 0 Å². The van der Waals surface area contributed by atoms with Crippen LogP contribution in [0.25, 0.3) is 9.40 Å². The van der Waals surface area contributed by atoms with Gasteiger partial charge in [0.05, 0.1) is 6.04 Å². The van der Waals surface area contributed by atoms with Gasteiger partial charge < -0.3 is 5.32 Å². The van der Waals surface area contributed by atoms with Crippen LogP contribution in [0, 0.1) is 6.92 Å². The smallest absolute Gasteiger partial charge is 0.0768 e. The molecule has 0 aromatic carbocycles. The zero-order chi connectivity index (χ0) is 12.5. The Morgan fingerprint density at radius 2 is 2.00 bits per heavy atom. The molecular formula is C14H15NS3. The van der Waals surface area contributed by atoms with E-state index >= 15 is 0 Å². The fraction of sp³-hybridized carbons (Fsp3) is 0.286. The molecule has 1 nitrogen and oxygen atoms in total. The van der Waals surface area contributed by atoms with Crippen LogP contribution in [0.2, 0.25) is 0 Å². The summed E-state index contributed by atoms with van der Waals surface area (Å²) in [6.07, 6.45) is 0. The first-order chi connectivity index (χ1) is 8.79. The molecule has 3 aromatic heterocycles. The second-order valence-electron chi connectivity index (χ2n) is 4.26. The zero-order valence-electron chi connectivity index (χ0n) is 10.4. The minimum atomic E-state index is 0.361. The first kappa shape index (κ1) is 12.4. The summed E-state index contributed by atoms with van der Waals surface area (Å²) in [7, 11) is 0. The van der Waals surface area contributed by atoms with Crippen molar-refractivity contribution in [3.8, 4) is 0 Å². The molecule has 18 heavy (non-hydrogen) atoms. The van der Waals surface area contributed by atoms with Crippen LogP contribution in [0.3, 0.4) is 0 Å². The van der Waals surface area contributed by atoms with Gasteiger partial charge in [-0.2, -0.15) is 0 Å². The van der Waals surface area contributed by atoms with Gasteiger partial charge in [-0.3, -0.25) is 0 Å². The lowest BCUT2D eigenvalue weighted by molar-refractivity contribution is 0.646. The second kappa shape index (κ2) is 5.13. The standard InChI is InChI=1S/C14H15NS3/c1-3-15-13(14-9(2)4-6-17-14)12-8-11-10(18-12)5-7-16-11/h4-8,13,15H,3H2,1-2H3. The number of hydrogen-bond acceptors (Lipinski definition) is 4. The van der Waals surface area contributed by atoms with E-state index in [0.29, 0.717) is 6.04 Å². The van der Waals surface area contributed by atoms with Crippen molar-refractivity contribution in [3.05, 3.63) is 44.3 Å². The highest BCUT2D eigenvalue weighted by Gasteiger charge is 2.19. The molecule has 3 rings (SSSR count). The summed E-state index contributed by atoms with van der Waals surface area (Å²) in [6.45, 7) is 5.37. The maximum atomic E-state index is 3.62. The lowest BCUT2D eigenvalue weighted by atomic mass is 10.1. The molecule has 0 aliphatic heterocycles. The van der Waals surface area contributed by atoms with Crippen LogP contribution in [0.4, 0.5) is 0 Å². The average Bonchev–Trinajstić information content (AvgIpc) is 3.00. The number of nitrogens with one attached hydrogen (secondary N) is 1. The van der Waals surface area contributed by atoms with Crippen molar-refractivity contribution >= 4 is 43.4 Å². The van der Waals surface area contributed by atoms with Crippen molar-refractivity contribution < 1.29 is 0 Å². The molecular weight excluding hydrogens is 278 g/mol. The molecule has 4 heteroatoms. The summed E-state index contributed by atoms with van der Waals surface area (Å²) in [5, 5.41) is 7.97. The molecule has 0 bridgehead atoms. The van der Waals surface area contributed by atoms with Crippen LogP contribution in [0.1, 0.15) is 28.3 Å². The number of hydrogen-bond donors (Lipinski definition) is 1. The molecule has 0 aliphatic carbocycles. The zero-order valence-corrected chi connectivity index (χ0v) is 12.8. The van der Waals surface area contributed by atoms with E-state index in [2.05, 4.69) is 48.1 Å². The summed E-state index contributed by atoms with van der Waals surface area (Å²) in [4.78, 5) is 2.88. The minimum Gasteiger partial charge on any atom is -0.305 e. The van der Waals surface area contributed by atoms with Crippen LogP contribution in [0.15, 0.2) is 29.0 Å². The van der Waals surface area contributed by atoms with Crippen molar-refractivity contribution in [2.24, 2.45) is 0 Å². The number of aryl methyl sites for hydroxylation is 1. The predicted octanol–water partition coefficient (Wildman–Crippen LogP) is 5.03. The van der Waals surface area contributed by atoms with Gasteiger partial charge in [-0.05, 0) is 48.0 Å². The second-order valence-corrected chi connectivity index (χ2v) is 7.27. The van der Waals surface area contributed by atoms with Crippen molar-refractivity contribution in [1.29, 1.82) is 0 Å². The van der Waals surface area contributed by atoms with Gasteiger partial charge >= 0.3 is 0 Å². The van der Waals surface area contributed by atoms with Gasteiger partial charge in [0.15, 0.2) is 0 Å². The average molecular weight is 293 g/mol. The van der Waals surface area contributed by atoms with Gasteiger partial charge in [-0.25, -0.2) is 0 Å². The Balaban J connectivity index is 2.04. The van der Waals surface area contributed by atoms with Gasteiger partial charge in [-0.15, -0.1) is 34.0 Å². The highest BCUT2D eigenvalue weighted by molar-refractivity contribution is 7.27. The number of rotatable bonds is 4. The summed E-state index contributed by atoms with van der Waals surface area (Å²) in [5.74, 6) is 0. The predicted molar refractivity (Wildman–Crippen MR) is 84.3 cm³/mol. The monoisotopic (exact) mass is 293 g/mol. The molecule has 3 heterocycles. The van der Waals surface area contributed by atoms with E-state index in [1.165, 1.54) is 24.7 Å². The SMILES string of the molecule is CCNC(c1cc2sccc2s1)c1sccc1C. The van der Waals surface area contributed by atoms with E-state index in [4.69, 9.17) is 0 Å². The quantitative estimate of drug-likeness (QED) is 0.711. The Bertz CT molecular complexity index is 618. The molecule has 1 atom stereocenters. The van der Waals surface area contributed by atoms with Crippen LogP contribution in [-0.4, -0.2) is 6.54 Å². The van der Waals surface area contributed by atoms with E-state index in [9.17, 15) is 0 Å². The lowest BCUT2D eigenvalue weighted by Gasteiger charge is -2.16. The first-order valence-corrected chi connectivity index (χ1v) is 8.61. The third kappa shape index (κ3) is 2.14. The highest BCUT2D eigenvalue weighted by Crippen LogP contribution is 2.38. The van der Waals surface area contributed by atoms with E-state index < -0.39 is 0 Å². The Hall–Kier alpha value is -0.680. The molecule has 0 fully saturated rings. The van der Waals surface area contributed by atoms with E-state index in [1.54, 1.807) is 0 Å². The molecule has 3 aromatic rings. The topological polar surface area (TPSA) is 12.0 Å². The van der Waals surface area contributed by atoms with Crippen molar-refractivity contribution in [3.63, 3.8) is 0 Å². The largest absolute Gasteiger partial charge is 0.305 e. The van der Waals surface area contributed by atoms with Crippen molar-refractivity contribution in [2.45, 2.75) is 19.9 Å². The minimum absolute atomic E-state index is 0.361. The first-order valence-electron chi connectivity index (χ1n) is 6.04. The maximum Gasteiger partial charge on any atom is 0.0768 e. The highest BCUT2D eigenvalue weighted by atomic mass is 32.1. The van der Waals surface area contributed by atoms with Gasteiger partial charge in [0, 0.05) is 19.2 Å².